The van der Waals surface area contributed by atoms with E-state index in [1.165, 1.54) is 24.3 Å². The highest BCUT2D eigenvalue weighted by Crippen LogP contribution is 2.33. The maximum absolute atomic E-state index is 12.6. The van der Waals surface area contributed by atoms with Crippen LogP contribution in [-0.2, 0) is 9.53 Å². The Bertz CT molecular complexity index is 1270. The average molecular weight is 506 g/mol. The molecule has 0 aliphatic heterocycles. The summed E-state index contributed by atoms with van der Waals surface area (Å²) in [7, 11) is 0. The van der Waals surface area contributed by atoms with Crippen LogP contribution in [0.5, 0.6) is 17.2 Å². The number of hydrogen-bond donors (Lipinski definition) is 0. The van der Waals surface area contributed by atoms with E-state index in [0.29, 0.717) is 29.2 Å². The lowest BCUT2D eigenvalue weighted by Gasteiger charge is -2.10. The number of nitro benzene ring substituents is 1. The topological polar surface area (TPSA) is 114 Å². The van der Waals surface area contributed by atoms with E-state index < -0.39 is 16.9 Å². The third kappa shape index (κ3) is 7.66. The first-order chi connectivity index (χ1) is 17.8. The van der Waals surface area contributed by atoms with Gasteiger partial charge in [-0.1, -0.05) is 31.7 Å². The Balaban J connectivity index is 1.64. The van der Waals surface area contributed by atoms with Gasteiger partial charge >= 0.3 is 17.6 Å². The molecule has 0 aliphatic rings. The molecule has 0 fully saturated rings. The smallest absolute Gasteiger partial charge is 0.343 e. The average Bonchev–Trinajstić information content (AvgIpc) is 2.90. The molecule has 3 rings (SSSR count). The van der Waals surface area contributed by atoms with Gasteiger partial charge in [0, 0.05) is 11.6 Å². The van der Waals surface area contributed by atoms with Gasteiger partial charge in [0.1, 0.15) is 24.7 Å². The molecule has 3 aromatic carbocycles. The van der Waals surface area contributed by atoms with Gasteiger partial charge in [-0.05, 0) is 66.9 Å². The van der Waals surface area contributed by atoms with Crippen molar-refractivity contribution in [2.45, 2.75) is 20.3 Å². The summed E-state index contributed by atoms with van der Waals surface area (Å²) in [5.41, 5.74) is 1.51. The second-order valence-corrected chi connectivity index (χ2v) is 7.99. The molecule has 37 heavy (non-hydrogen) atoms. The Kier molecular flexibility index (Phi) is 9.37. The number of esters is 2. The van der Waals surface area contributed by atoms with Crippen LogP contribution in [0.4, 0.5) is 5.69 Å². The van der Waals surface area contributed by atoms with E-state index in [4.69, 9.17) is 18.9 Å². The third-order valence-electron chi connectivity index (χ3n) is 5.04. The molecular formula is C28H27NO8. The molecule has 9 heteroatoms. The summed E-state index contributed by atoms with van der Waals surface area (Å²) < 4.78 is 21.3. The fourth-order valence-electron chi connectivity index (χ4n) is 3.15. The van der Waals surface area contributed by atoms with Crippen LogP contribution in [-0.4, -0.2) is 36.7 Å². The minimum Gasteiger partial charge on any atom is -0.494 e. The van der Waals surface area contributed by atoms with Crippen molar-refractivity contribution in [2.75, 3.05) is 19.8 Å². The van der Waals surface area contributed by atoms with E-state index >= 15 is 0 Å². The van der Waals surface area contributed by atoms with E-state index in [0.717, 1.165) is 12.0 Å². The van der Waals surface area contributed by atoms with Crippen LogP contribution in [0.25, 0.3) is 11.1 Å². The minimum atomic E-state index is -0.754. The van der Waals surface area contributed by atoms with E-state index in [-0.39, 0.29) is 30.2 Å². The maximum Gasteiger partial charge on any atom is 0.343 e. The molecule has 0 aromatic heterocycles. The number of nitro groups is 1. The quantitative estimate of drug-likeness (QED) is 0.0761. The van der Waals surface area contributed by atoms with E-state index in [9.17, 15) is 19.7 Å². The molecule has 0 aliphatic carbocycles. The lowest BCUT2D eigenvalue weighted by Crippen LogP contribution is -2.12. The molecule has 0 atom stereocenters. The predicted molar refractivity (Wildman–Crippen MR) is 137 cm³/mol. The molecule has 3 aromatic rings. The highest BCUT2D eigenvalue weighted by Gasteiger charge is 2.20. The fourth-order valence-corrected chi connectivity index (χ4v) is 3.15. The molecule has 0 unspecified atom stereocenters. The van der Waals surface area contributed by atoms with E-state index in [1.54, 1.807) is 37.3 Å². The Morgan fingerprint density at radius 2 is 1.46 bits per heavy atom. The van der Waals surface area contributed by atoms with Gasteiger partial charge in [0.2, 0.25) is 5.75 Å². The number of hydrogen-bond acceptors (Lipinski definition) is 8. The fraction of sp³-hybridized carbons (Fsp3) is 0.214. The summed E-state index contributed by atoms with van der Waals surface area (Å²) in [4.78, 5) is 35.1. The second-order valence-electron chi connectivity index (χ2n) is 7.99. The standard InChI is InChI=1S/C28H27NO8/c1-4-15-34-23-10-5-20(6-11-23)22-9-14-26(25(18-22)29(32)33)37-28(31)21-7-12-24(13-8-21)35-16-17-36-27(30)19(2)3/h5-14,18H,2,4,15-17H2,1,3H3. The Hall–Kier alpha value is -4.66. The Morgan fingerprint density at radius 1 is 0.865 bits per heavy atom. The first-order valence-electron chi connectivity index (χ1n) is 11.6. The first-order valence-corrected chi connectivity index (χ1v) is 11.6. The SMILES string of the molecule is C=C(C)C(=O)OCCOc1ccc(C(=O)Oc2ccc(-c3ccc(OCCC)cc3)cc2[N+](=O)[O-])cc1. The number of nitrogens with zero attached hydrogens (tertiary/aromatic N) is 1. The van der Waals surface area contributed by atoms with Gasteiger partial charge in [-0.3, -0.25) is 10.1 Å². The summed E-state index contributed by atoms with van der Waals surface area (Å²) in [6.45, 7) is 7.83. The zero-order valence-electron chi connectivity index (χ0n) is 20.6. The van der Waals surface area contributed by atoms with Gasteiger partial charge in [-0.25, -0.2) is 9.59 Å². The maximum atomic E-state index is 12.6. The van der Waals surface area contributed by atoms with Crippen molar-refractivity contribution in [3.63, 3.8) is 0 Å². The van der Waals surface area contributed by atoms with Crippen molar-refractivity contribution in [3.8, 4) is 28.4 Å². The molecular weight excluding hydrogens is 478 g/mol. The summed E-state index contributed by atoms with van der Waals surface area (Å²) in [6.07, 6.45) is 0.890. The molecule has 0 N–H and O–H groups in total. The highest BCUT2D eigenvalue weighted by atomic mass is 16.6. The molecule has 0 bridgehead atoms. The molecule has 0 heterocycles. The van der Waals surface area contributed by atoms with E-state index in [1.807, 2.05) is 19.1 Å². The van der Waals surface area contributed by atoms with Crippen molar-refractivity contribution in [2.24, 2.45) is 0 Å². The normalized spacial score (nSPS) is 10.3. The summed E-state index contributed by atoms with van der Waals surface area (Å²) >= 11 is 0. The molecule has 0 spiro atoms. The second kappa shape index (κ2) is 12.9. The van der Waals surface area contributed by atoms with E-state index in [2.05, 4.69) is 6.58 Å². The van der Waals surface area contributed by atoms with Gasteiger partial charge < -0.3 is 18.9 Å². The van der Waals surface area contributed by atoms with Crippen LogP contribution in [0.2, 0.25) is 0 Å². The molecule has 192 valence electrons. The zero-order valence-corrected chi connectivity index (χ0v) is 20.6. The van der Waals surface area contributed by atoms with Gasteiger partial charge in [-0.2, -0.15) is 0 Å². The molecule has 9 nitrogen and oxygen atoms in total. The molecule has 0 radical (unpaired) electrons. The van der Waals surface area contributed by atoms with Gasteiger partial charge in [0.25, 0.3) is 0 Å². The van der Waals surface area contributed by atoms with Crippen LogP contribution in [0.15, 0.2) is 78.9 Å². The predicted octanol–water partition coefficient (Wildman–Crippen LogP) is 5.77. The Labute approximate surface area is 214 Å². The van der Waals surface area contributed by atoms with Crippen LogP contribution in [0.1, 0.15) is 30.6 Å². The lowest BCUT2D eigenvalue weighted by atomic mass is 10.0. The van der Waals surface area contributed by atoms with Gasteiger partial charge in [-0.15, -0.1) is 0 Å². The van der Waals surface area contributed by atoms with Crippen molar-refractivity contribution in [3.05, 3.63) is 94.6 Å². The molecule has 0 amide bonds. The van der Waals surface area contributed by atoms with Gasteiger partial charge in [0.15, 0.2) is 0 Å². The van der Waals surface area contributed by atoms with Crippen molar-refractivity contribution < 1.29 is 33.5 Å². The third-order valence-corrected chi connectivity index (χ3v) is 5.04. The van der Waals surface area contributed by atoms with Crippen molar-refractivity contribution in [1.29, 1.82) is 0 Å². The molecule has 0 saturated carbocycles. The minimum absolute atomic E-state index is 0.0475. The number of rotatable bonds is 12. The summed E-state index contributed by atoms with van der Waals surface area (Å²) in [5.74, 6) is -0.257. The first kappa shape index (κ1) is 26.9. The monoisotopic (exact) mass is 505 g/mol. The highest BCUT2D eigenvalue weighted by molar-refractivity contribution is 5.92. The van der Waals surface area contributed by atoms with Crippen molar-refractivity contribution in [1.82, 2.24) is 0 Å². The number of benzene rings is 3. The largest absolute Gasteiger partial charge is 0.494 e. The molecule has 0 saturated heterocycles. The van der Waals surface area contributed by atoms with Crippen molar-refractivity contribution >= 4 is 17.6 Å². The Morgan fingerprint density at radius 3 is 2.05 bits per heavy atom. The van der Waals surface area contributed by atoms with Crippen LogP contribution < -0.4 is 14.2 Å². The summed E-state index contributed by atoms with van der Waals surface area (Å²) in [6, 6.07) is 17.7. The van der Waals surface area contributed by atoms with Crippen LogP contribution in [0.3, 0.4) is 0 Å². The summed E-state index contributed by atoms with van der Waals surface area (Å²) in [5, 5.41) is 11.7. The van der Waals surface area contributed by atoms with Gasteiger partial charge in [0.05, 0.1) is 17.1 Å². The number of carbonyl (C=O) groups is 2. The zero-order chi connectivity index (χ0) is 26.8. The van der Waals surface area contributed by atoms with Crippen LogP contribution in [0, 0.1) is 10.1 Å². The lowest BCUT2D eigenvalue weighted by molar-refractivity contribution is -0.385. The number of ether oxygens (including phenoxy) is 4. The van der Waals surface area contributed by atoms with Crippen LogP contribution >= 0.6 is 0 Å². The number of carbonyl (C=O) groups excluding carboxylic acids is 2.